The summed E-state index contributed by atoms with van der Waals surface area (Å²) in [5.74, 6) is -2.13. The number of carboxylic acid groups (broad SMARTS) is 1. The van der Waals surface area contributed by atoms with Crippen molar-refractivity contribution in [1.29, 1.82) is 0 Å². The molecular formula is C15H16N2O6. The lowest BCUT2D eigenvalue weighted by Gasteiger charge is -2.19. The molecule has 0 aliphatic carbocycles. The van der Waals surface area contributed by atoms with Crippen LogP contribution in [0.5, 0.6) is 0 Å². The van der Waals surface area contributed by atoms with E-state index in [0.29, 0.717) is 17.4 Å². The number of furan rings is 1. The second-order valence-electron chi connectivity index (χ2n) is 5.26. The smallest absolute Gasteiger partial charge is 0.326 e. The summed E-state index contributed by atoms with van der Waals surface area (Å²) in [6, 6.07) is 4.28. The lowest BCUT2D eigenvalue weighted by Crippen LogP contribution is -2.44. The molecule has 0 radical (unpaired) electrons. The number of rotatable bonds is 6. The van der Waals surface area contributed by atoms with E-state index in [1.165, 1.54) is 24.3 Å². The van der Waals surface area contributed by atoms with E-state index in [9.17, 15) is 24.8 Å². The Hall–Kier alpha value is -2.90. The first-order valence-corrected chi connectivity index (χ1v) is 7.05. The molecule has 0 bridgehead atoms. The van der Waals surface area contributed by atoms with Gasteiger partial charge in [0.05, 0.1) is 4.92 Å². The number of nitro groups is 1. The third kappa shape index (κ3) is 3.47. The molecule has 1 amide bonds. The standard InChI is InChI=1S/C15H16N2O6/c1-3-8(2)13(15(19)20)16-14(18)12-7-9-6-10(17(21)22)4-5-11(9)23-12/h4-8,13H,3H2,1-2H3,(H,16,18)(H,19,20)/t8-,13-/m0/s1. The number of nitro benzene ring substituents is 1. The fraction of sp³-hybridized carbons (Fsp3) is 0.333. The number of non-ortho nitro benzene ring substituents is 1. The average Bonchev–Trinajstić information content (AvgIpc) is 2.94. The fourth-order valence-corrected chi connectivity index (χ4v) is 2.15. The van der Waals surface area contributed by atoms with Gasteiger partial charge in [-0.3, -0.25) is 14.9 Å². The summed E-state index contributed by atoms with van der Waals surface area (Å²) in [4.78, 5) is 33.6. The largest absolute Gasteiger partial charge is 0.480 e. The van der Waals surface area contributed by atoms with E-state index in [1.54, 1.807) is 6.92 Å². The first kappa shape index (κ1) is 16.5. The zero-order valence-corrected chi connectivity index (χ0v) is 12.6. The van der Waals surface area contributed by atoms with E-state index in [-0.39, 0.29) is 17.4 Å². The molecule has 2 rings (SSSR count). The molecule has 0 aliphatic rings. The minimum absolute atomic E-state index is 0.0879. The summed E-state index contributed by atoms with van der Waals surface area (Å²) >= 11 is 0. The van der Waals surface area contributed by atoms with Crippen LogP contribution in [0, 0.1) is 16.0 Å². The summed E-state index contributed by atoms with van der Waals surface area (Å²) in [6.45, 7) is 3.55. The van der Waals surface area contributed by atoms with Gasteiger partial charge < -0.3 is 14.8 Å². The van der Waals surface area contributed by atoms with Gasteiger partial charge in [0.15, 0.2) is 5.76 Å². The minimum Gasteiger partial charge on any atom is -0.480 e. The highest BCUT2D eigenvalue weighted by molar-refractivity contribution is 5.98. The van der Waals surface area contributed by atoms with Crippen molar-refractivity contribution in [3.8, 4) is 0 Å². The maximum atomic E-state index is 12.2. The van der Waals surface area contributed by atoms with E-state index < -0.39 is 22.8 Å². The number of aliphatic carboxylic acids is 1. The third-order valence-electron chi connectivity index (χ3n) is 3.70. The third-order valence-corrected chi connectivity index (χ3v) is 3.70. The van der Waals surface area contributed by atoms with Gasteiger partial charge in [0, 0.05) is 17.5 Å². The SMILES string of the molecule is CC[C@H](C)[C@H](NC(=O)c1cc2cc([N+](=O)[O-])ccc2o1)C(=O)O. The van der Waals surface area contributed by atoms with Crippen molar-refractivity contribution in [2.45, 2.75) is 26.3 Å². The van der Waals surface area contributed by atoms with E-state index in [4.69, 9.17) is 4.42 Å². The molecule has 8 heteroatoms. The van der Waals surface area contributed by atoms with Gasteiger partial charge in [-0.1, -0.05) is 20.3 Å². The normalized spacial score (nSPS) is 13.5. The monoisotopic (exact) mass is 320 g/mol. The molecule has 23 heavy (non-hydrogen) atoms. The van der Waals surface area contributed by atoms with Crippen molar-refractivity contribution in [2.75, 3.05) is 0 Å². The summed E-state index contributed by atoms with van der Waals surface area (Å²) in [7, 11) is 0. The van der Waals surface area contributed by atoms with Crippen LogP contribution in [0.4, 0.5) is 5.69 Å². The van der Waals surface area contributed by atoms with E-state index in [2.05, 4.69) is 5.32 Å². The Morgan fingerprint density at radius 3 is 2.65 bits per heavy atom. The van der Waals surface area contributed by atoms with Crippen molar-refractivity contribution >= 4 is 28.5 Å². The molecule has 8 nitrogen and oxygen atoms in total. The maximum Gasteiger partial charge on any atom is 0.326 e. The van der Waals surface area contributed by atoms with Gasteiger partial charge in [0.2, 0.25) is 0 Å². The molecule has 0 aliphatic heterocycles. The summed E-state index contributed by atoms with van der Waals surface area (Å²) in [5.41, 5.74) is 0.199. The van der Waals surface area contributed by atoms with Gasteiger partial charge in [-0.15, -0.1) is 0 Å². The van der Waals surface area contributed by atoms with E-state index in [1.807, 2.05) is 6.92 Å². The number of nitrogens with one attached hydrogen (secondary N) is 1. The summed E-state index contributed by atoms with van der Waals surface area (Å²) in [5, 5.41) is 22.7. The number of carboxylic acids is 1. The molecule has 0 saturated heterocycles. The van der Waals surface area contributed by atoms with Crippen LogP contribution in [0.3, 0.4) is 0 Å². The Kier molecular flexibility index (Phi) is 4.63. The minimum atomic E-state index is -1.13. The second-order valence-corrected chi connectivity index (χ2v) is 5.26. The highest BCUT2D eigenvalue weighted by Crippen LogP contribution is 2.24. The second kappa shape index (κ2) is 6.47. The first-order valence-electron chi connectivity index (χ1n) is 7.05. The number of carbonyl (C=O) groups is 2. The molecule has 2 N–H and O–H groups in total. The molecular weight excluding hydrogens is 304 g/mol. The van der Waals surface area contributed by atoms with Crippen LogP contribution in [-0.2, 0) is 4.79 Å². The Morgan fingerprint density at radius 2 is 2.09 bits per heavy atom. The Bertz CT molecular complexity index is 766. The lowest BCUT2D eigenvalue weighted by atomic mass is 9.99. The average molecular weight is 320 g/mol. The molecule has 0 saturated carbocycles. The summed E-state index contributed by atoms with van der Waals surface area (Å²) < 4.78 is 5.33. The molecule has 122 valence electrons. The molecule has 0 fully saturated rings. The van der Waals surface area contributed by atoms with Crippen molar-refractivity contribution in [1.82, 2.24) is 5.32 Å². The molecule has 1 heterocycles. The van der Waals surface area contributed by atoms with Crippen molar-refractivity contribution in [3.63, 3.8) is 0 Å². The molecule has 1 aromatic carbocycles. The maximum absolute atomic E-state index is 12.2. The van der Waals surface area contributed by atoms with Crippen LogP contribution in [0.1, 0.15) is 30.8 Å². The van der Waals surface area contributed by atoms with Crippen molar-refractivity contribution < 1.29 is 24.0 Å². The quantitative estimate of drug-likeness (QED) is 0.623. The van der Waals surface area contributed by atoms with Crippen LogP contribution < -0.4 is 5.32 Å². The molecule has 0 spiro atoms. The number of amides is 1. The predicted molar refractivity (Wildman–Crippen MR) is 81.2 cm³/mol. The Morgan fingerprint density at radius 1 is 1.39 bits per heavy atom. The molecule has 0 unspecified atom stereocenters. The predicted octanol–water partition coefficient (Wildman–Crippen LogP) is 2.57. The number of fused-ring (bicyclic) bond motifs is 1. The molecule has 2 atom stereocenters. The highest BCUT2D eigenvalue weighted by atomic mass is 16.6. The zero-order chi connectivity index (χ0) is 17.1. The van der Waals surface area contributed by atoms with Gasteiger partial charge in [-0.05, 0) is 18.1 Å². The molecule has 2 aromatic rings. The summed E-state index contributed by atoms with van der Waals surface area (Å²) in [6.07, 6.45) is 0.587. The van der Waals surface area contributed by atoms with Crippen LogP contribution in [0.25, 0.3) is 11.0 Å². The number of carbonyl (C=O) groups excluding carboxylic acids is 1. The van der Waals surface area contributed by atoms with E-state index >= 15 is 0 Å². The highest BCUT2D eigenvalue weighted by Gasteiger charge is 2.27. The van der Waals surface area contributed by atoms with Gasteiger partial charge in [0.25, 0.3) is 11.6 Å². The van der Waals surface area contributed by atoms with Gasteiger partial charge in [-0.25, -0.2) is 4.79 Å². The number of benzene rings is 1. The van der Waals surface area contributed by atoms with Gasteiger partial charge in [0.1, 0.15) is 11.6 Å². The van der Waals surface area contributed by atoms with Crippen LogP contribution in [0.2, 0.25) is 0 Å². The zero-order valence-electron chi connectivity index (χ0n) is 12.6. The van der Waals surface area contributed by atoms with Crippen LogP contribution in [-0.4, -0.2) is 27.9 Å². The fourth-order valence-electron chi connectivity index (χ4n) is 2.15. The van der Waals surface area contributed by atoms with Crippen LogP contribution >= 0.6 is 0 Å². The van der Waals surface area contributed by atoms with Crippen LogP contribution in [0.15, 0.2) is 28.7 Å². The topological polar surface area (TPSA) is 123 Å². The lowest BCUT2D eigenvalue weighted by molar-refractivity contribution is -0.384. The number of nitrogens with zero attached hydrogens (tertiary/aromatic N) is 1. The number of hydrogen-bond donors (Lipinski definition) is 2. The molecule has 1 aromatic heterocycles. The van der Waals surface area contributed by atoms with Crippen molar-refractivity contribution in [2.24, 2.45) is 5.92 Å². The van der Waals surface area contributed by atoms with Gasteiger partial charge >= 0.3 is 5.97 Å². The number of hydrogen-bond acceptors (Lipinski definition) is 5. The Labute approximate surface area is 131 Å². The first-order chi connectivity index (χ1) is 10.8. The Balaban J connectivity index is 2.27. The van der Waals surface area contributed by atoms with Gasteiger partial charge in [-0.2, -0.15) is 0 Å². The van der Waals surface area contributed by atoms with Crippen molar-refractivity contribution in [3.05, 3.63) is 40.1 Å². The van der Waals surface area contributed by atoms with E-state index in [0.717, 1.165) is 0 Å².